The van der Waals surface area contributed by atoms with Gasteiger partial charge in [0.25, 0.3) is 5.91 Å². The van der Waals surface area contributed by atoms with Crippen molar-refractivity contribution in [1.29, 1.82) is 5.26 Å². The first kappa shape index (κ1) is 22.0. The van der Waals surface area contributed by atoms with Crippen LogP contribution in [0.3, 0.4) is 0 Å². The van der Waals surface area contributed by atoms with Crippen molar-refractivity contribution in [3.05, 3.63) is 59.2 Å². The van der Waals surface area contributed by atoms with Gasteiger partial charge in [-0.15, -0.1) is 0 Å². The summed E-state index contributed by atoms with van der Waals surface area (Å²) in [5.74, 6) is -0.0473. The Bertz CT molecular complexity index is 885. The third-order valence-electron chi connectivity index (χ3n) is 5.70. The normalized spacial score (nSPS) is 15.4. The lowest BCUT2D eigenvalue weighted by Gasteiger charge is -2.20. The zero-order valence-corrected chi connectivity index (χ0v) is 18.2. The van der Waals surface area contributed by atoms with Crippen LogP contribution in [0.4, 0.5) is 0 Å². The van der Waals surface area contributed by atoms with Gasteiger partial charge in [-0.05, 0) is 67.9 Å². The highest BCUT2D eigenvalue weighted by molar-refractivity contribution is 5.94. The summed E-state index contributed by atoms with van der Waals surface area (Å²) < 4.78 is 0. The Kier molecular flexibility index (Phi) is 8.01. The van der Waals surface area contributed by atoms with Crippen molar-refractivity contribution in [2.75, 3.05) is 39.8 Å². The van der Waals surface area contributed by atoms with Crippen LogP contribution >= 0.6 is 0 Å². The van der Waals surface area contributed by atoms with Crippen molar-refractivity contribution in [1.82, 2.24) is 15.1 Å². The summed E-state index contributed by atoms with van der Waals surface area (Å²) in [4.78, 5) is 17.0. The maximum absolute atomic E-state index is 12.2. The van der Waals surface area contributed by atoms with E-state index in [-0.39, 0.29) is 5.91 Å². The maximum atomic E-state index is 12.2. The molecule has 1 amide bonds. The molecule has 2 aromatic carbocycles. The highest BCUT2D eigenvalue weighted by Gasteiger charge is 2.14. The molecule has 0 aliphatic carbocycles. The van der Waals surface area contributed by atoms with E-state index in [0.717, 1.165) is 56.7 Å². The van der Waals surface area contributed by atoms with Crippen LogP contribution in [0.5, 0.6) is 0 Å². The molecular weight excluding hydrogens is 372 g/mol. The lowest BCUT2D eigenvalue weighted by Crippen LogP contribution is -2.28. The second kappa shape index (κ2) is 10.9. The van der Waals surface area contributed by atoms with Crippen LogP contribution in [0.1, 0.15) is 47.7 Å². The molecule has 1 fully saturated rings. The fourth-order valence-electron chi connectivity index (χ4n) is 3.83. The lowest BCUT2D eigenvalue weighted by molar-refractivity contribution is 0.0953. The molecule has 158 valence electrons. The van der Waals surface area contributed by atoms with Crippen molar-refractivity contribution in [2.24, 2.45) is 0 Å². The van der Waals surface area contributed by atoms with Crippen LogP contribution in [-0.4, -0.2) is 55.5 Å². The van der Waals surface area contributed by atoms with Crippen molar-refractivity contribution in [3.8, 4) is 17.2 Å². The Morgan fingerprint density at radius 1 is 1.10 bits per heavy atom. The van der Waals surface area contributed by atoms with Gasteiger partial charge in [-0.25, -0.2) is 0 Å². The van der Waals surface area contributed by atoms with Gasteiger partial charge in [0.05, 0.1) is 11.6 Å². The minimum Gasteiger partial charge on any atom is -0.352 e. The van der Waals surface area contributed by atoms with E-state index in [4.69, 9.17) is 0 Å². The zero-order valence-electron chi connectivity index (χ0n) is 18.2. The second-order valence-corrected chi connectivity index (χ2v) is 8.11. The molecule has 3 rings (SSSR count). The SMILES string of the molecule is CCCCNC(=O)c1ccc(-c2ccc(CN3CCCN(C)CC3)cc2C#N)cc1. The van der Waals surface area contributed by atoms with Gasteiger partial charge in [0.15, 0.2) is 0 Å². The molecule has 1 saturated heterocycles. The topological polar surface area (TPSA) is 59.4 Å². The molecule has 0 radical (unpaired) electrons. The number of nitrogens with one attached hydrogen (secondary N) is 1. The fourth-order valence-corrected chi connectivity index (χ4v) is 3.83. The Hall–Kier alpha value is -2.68. The third kappa shape index (κ3) is 5.91. The second-order valence-electron chi connectivity index (χ2n) is 8.11. The quantitative estimate of drug-likeness (QED) is 0.711. The Balaban J connectivity index is 1.70. The maximum Gasteiger partial charge on any atom is 0.251 e. The predicted octanol–water partition coefficient (Wildman–Crippen LogP) is 3.89. The summed E-state index contributed by atoms with van der Waals surface area (Å²) in [7, 11) is 2.17. The van der Waals surface area contributed by atoms with Gasteiger partial charge in [0.2, 0.25) is 0 Å². The molecule has 0 spiro atoms. The van der Waals surface area contributed by atoms with Gasteiger partial charge >= 0.3 is 0 Å². The number of rotatable bonds is 7. The number of likely N-dealkylation sites (N-methyl/N-ethyl adjacent to an activating group) is 1. The summed E-state index contributed by atoms with van der Waals surface area (Å²) in [5.41, 5.74) is 4.37. The van der Waals surface area contributed by atoms with Gasteiger partial charge in [0.1, 0.15) is 0 Å². The molecule has 30 heavy (non-hydrogen) atoms. The summed E-state index contributed by atoms with van der Waals surface area (Å²) >= 11 is 0. The van der Waals surface area contributed by atoms with Crippen LogP contribution in [0, 0.1) is 11.3 Å². The van der Waals surface area contributed by atoms with E-state index in [1.54, 1.807) is 0 Å². The van der Waals surface area contributed by atoms with Crippen LogP contribution < -0.4 is 5.32 Å². The van der Waals surface area contributed by atoms with Gasteiger partial charge in [-0.1, -0.05) is 37.6 Å². The molecule has 2 aromatic rings. The highest BCUT2D eigenvalue weighted by atomic mass is 16.1. The number of carbonyl (C=O) groups excluding carboxylic acids is 1. The van der Waals surface area contributed by atoms with Gasteiger partial charge in [-0.3, -0.25) is 9.69 Å². The van der Waals surface area contributed by atoms with Gasteiger partial charge in [0, 0.05) is 31.7 Å². The first-order valence-corrected chi connectivity index (χ1v) is 10.9. The number of unbranched alkanes of at least 4 members (excludes halogenated alkanes) is 1. The van der Waals surface area contributed by atoms with Crippen LogP contribution in [0.15, 0.2) is 42.5 Å². The molecule has 1 aliphatic rings. The average Bonchev–Trinajstić information content (AvgIpc) is 2.98. The van der Waals surface area contributed by atoms with Crippen molar-refractivity contribution in [3.63, 3.8) is 0 Å². The third-order valence-corrected chi connectivity index (χ3v) is 5.70. The largest absolute Gasteiger partial charge is 0.352 e. The Morgan fingerprint density at radius 2 is 1.90 bits per heavy atom. The monoisotopic (exact) mass is 404 g/mol. The number of amides is 1. The summed E-state index contributed by atoms with van der Waals surface area (Å²) in [5, 5.41) is 12.7. The number of carbonyl (C=O) groups is 1. The zero-order chi connectivity index (χ0) is 21.3. The Labute approximate surface area is 180 Å². The predicted molar refractivity (Wildman–Crippen MR) is 121 cm³/mol. The van der Waals surface area contributed by atoms with E-state index >= 15 is 0 Å². The van der Waals surface area contributed by atoms with E-state index in [2.05, 4.69) is 41.2 Å². The number of nitrogens with zero attached hydrogens (tertiary/aromatic N) is 3. The Morgan fingerprint density at radius 3 is 2.63 bits per heavy atom. The highest BCUT2D eigenvalue weighted by Crippen LogP contribution is 2.25. The van der Waals surface area contributed by atoms with E-state index in [0.29, 0.717) is 17.7 Å². The summed E-state index contributed by atoms with van der Waals surface area (Å²) in [6.07, 6.45) is 3.22. The molecule has 1 aliphatic heterocycles. The smallest absolute Gasteiger partial charge is 0.251 e. The number of hydrogen-bond donors (Lipinski definition) is 1. The molecule has 5 heteroatoms. The number of nitriles is 1. The van der Waals surface area contributed by atoms with Gasteiger partial charge in [-0.2, -0.15) is 5.26 Å². The van der Waals surface area contributed by atoms with E-state index in [1.165, 1.54) is 12.0 Å². The summed E-state index contributed by atoms with van der Waals surface area (Å²) in [6, 6.07) is 16.0. The molecule has 0 unspecified atom stereocenters. The average molecular weight is 405 g/mol. The van der Waals surface area contributed by atoms with Crippen molar-refractivity contribution < 1.29 is 4.79 Å². The lowest BCUT2D eigenvalue weighted by atomic mass is 9.97. The van der Waals surface area contributed by atoms with Crippen molar-refractivity contribution in [2.45, 2.75) is 32.7 Å². The molecule has 0 bridgehead atoms. The fraction of sp³-hybridized carbons (Fsp3) is 0.440. The standard InChI is InChI=1S/C25H32N4O/c1-3-4-12-27-25(30)22-9-7-21(8-10-22)24-11-6-20(17-23(24)18-26)19-29-14-5-13-28(2)15-16-29/h6-11,17H,3-5,12-16,19H2,1-2H3,(H,27,30). The van der Waals surface area contributed by atoms with Crippen LogP contribution in [0.2, 0.25) is 0 Å². The summed E-state index contributed by atoms with van der Waals surface area (Å²) in [6.45, 7) is 8.06. The molecule has 1 heterocycles. The molecule has 5 nitrogen and oxygen atoms in total. The molecule has 1 N–H and O–H groups in total. The minimum absolute atomic E-state index is 0.0473. The van der Waals surface area contributed by atoms with Crippen molar-refractivity contribution >= 4 is 5.91 Å². The van der Waals surface area contributed by atoms with E-state index < -0.39 is 0 Å². The first-order chi connectivity index (χ1) is 14.6. The molecule has 0 saturated carbocycles. The number of benzene rings is 2. The molecule has 0 aromatic heterocycles. The first-order valence-electron chi connectivity index (χ1n) is 10.9. The van der Waals surface area contributed by atoms with E-state index in [1.807, 2.05) is 36.4 Å². The molecule has 0 atom stereocenters. The van der Waals surface area contributed by atoms with Crippen LogP contribution in [0.25, 0.3) is 11.1 Å². The minimum atomic E-state index is -0.0473. The van der Waals surface area contributed by atoms with E-state index in [9.17, 15) is 10.1 Å². The van der Waals surface area contributed by atoms with Crippen LogP contribution in [-0.2, 0) is 6.54 Å². The van der Waals surface area contributed by atoms with Gasteiger partial charge < -0.3 is 10.2 Å². The number of hydrogen-bond acceptors (Lipinski definition) is 4. The molecular formula is C25H32N4O.